The zero-order valence-corrected chi connectivity index (χ0v) is 19.0. The second kappa shape index (κ2) is 9.90. The number of halogens is 4. The van der Waals surface area contributed by atoms with Crippen LogP contribution in [0.25, 0.3) is 0 Å². The Labute approximate surface area is 200 Å². The van der Waals surface area contributed by atoms with E-state index >= 15 is 0 Å². The Morgan fingerprint density at radius 3 is 2.56 bits per heavy atom. The van der Waals surface area contributed by atoms with Gasteiger partial charge in [-0.1, -0.05) is 70.3 Å². The number of amides is 1. The molecular weight excluding hydrogens is 474 g/mol. The molecule has 0 radical (unpaired) electrons. The molecule has 1 amide bonds. The summed E-state index contributed by atoms with van der Waals surface area (Å²) < 4.78 is 13.7. The third-order valence-corrected chi connectivity index (χ3v) is 6.20. The number of rotatable bonds is 6. The molecule has 1 atom stereocenters. The van der Waals surface area contributed by atoms with E-state index < -0.39 is 5.82 Å². The molecule has 3 aromatic carbocycles. The van der Waals surface area contributed by atoms with Gasteiger partial charge >= 0.3 is 0 Å². The molecule has 4 rings (SSSR count). The normalized spacial score (nSPS) is 15.2. The van der Waals surface area contributed by atoms with Crippen molar-refractivity contribution in [1.82, 2.24) is 4.90 Å². The number of nitrogens with zero attached hydrogens (tertiary/aromatic N) is 2. The van der Waals surface area contributed by atoms with Gasteiger partial charge in [0, 0.05) is 29.1 Å². The molecule has 1 aliphatic heterocycles. The molecule has 0 spiro atoms. The van der Waals surface area contributed by atoms with E-state index in [1.54, 1.807) is 29.2 Å². The van der Waals surface area contributed by atoms with Gasteiger partial charge in [0.05, 0.1) is 22.3 Å². The van der Waals surface area contributed by atoms with Crippen molar-refractivity contribution in [3.05, 3.63) is 104 Å². The van der Waals surface area contributed by atoms with Gasteiger partial charge in [0.25, 0.3) is 5.91 Å². The summed E-state index contributed by atoms with van der Waals surface area (Å²) in [7, 11) is 0. The first-order valence-electron chi connectivity index (χ1n) is 9.87. The average Bonchev–Trinajstić information content (AvgIpc) is 3.25. The summed E-state index contributed by atoms with van der Waals surface area (Å²) >= 11 is 18.4. The van der Waals surface area contributed by atoms with E-state index in [0.29, 0.717) is 27.2 Å². The predicted octanol–water partition coefficient (Wildman–Crippen LogP) is 6.62. The van der Waals surface area contributed by atoms with Crippen LogP contribution >= 0.6 is 34.8 Å². The summed E-state index contributed by atoms with van der Waals surface area (Å²) in [6.45, 7) is 0.492. The van der Waals surface area contributed by atoms with Crippen molar-refractivity contribution < 1.29 is 14.0 Å². The number of carbonyl (C=O) groups excluding carboxylic acids is 1. The average molecular weight is 492 g/mol. The first-order valence-corrected chi connectivity index (χ1v) is 11.0. The molecule has 0 unspecified atom stereocenters. The van der Waals surface area contributed by atoms with Gasteiger partial charge in [-0.05, 0) is 42.0 Å². The number of hydrogen-bond donors (Lipinski definition) is 0. The van der Waals surface area contributed by atoms with Crippen LogP contribution in [-0.4, -0.2) is 29.2 Å². The van der Waals surface area contributed by atoms with Crippen molar-refractivity contribution >= 4 is 46.4 Å². The van der Waals surface area contributed by atoms with Gasteiger partial charge in [-0.2, -0.15) is 0 Å². The minimum atomic E-state index is -0.476. The molecule has 0 aromatic heterocycles. The lowest BCUT2D eigenvalue weighted by molar-refractivity contribution is 0.0405. The second-order valence-corrected chi connectivity index (χ2v) is 8.61. The largest absolute Gasteiger partial charge is 0.390 e. The van der Waals surface area contributed by atoms with Gasteiger partial charge in [-0.15, -0.1) is 0 Å². The standard InChI is InChI=1S/C24H18Cl3FN2O2/c25-20-7-2-1-4-17(20)13-30(24(31)16-5-3-6-18(28)10-16)14-19-12-23(29-32-19)15-8-9-21(26)22(27)11-15/h1-11,19H,12-14H2/t19-/m0/s1. The zero-order valence-electron chi connectivity index (χ0n) is 16.8. The third kappa shape index (κ3) is 5.23. The van der Waals surface area contributed by atoms with Crippen LogP contribution in [0.2, 0.25) is 15.1 Å². The van der Waals surface area contributed by atoms with Crippen LogP contribution in [0.1, 0.15) is 27.9 Å². The second-order valence-electron chi connectivity index (χ2n) is 7.39. The van der Waals surface area contributed by atoms with Gasteiger partial charge in [0.2, 0.25) is 0 Å². The summed E-state index contributed by atoms with van der Waals surface area (Å²) in [5.74, 6) is -0.799. The fourth-order valence-corrected chi connectivity index (χ4v) is 3.97. The maximum absolute atomic E-state index is 13.7. The molecule has 0 fully saturated rings. The van der Waals surface area contributed by atoms with Crippen molar-refractivity contribution in [1.29, 1.82) is 0 Å². The monoisotopic (exact) mass is 490 g/mol. The highest BCUT2D eigenvalue weighted by Gasteiger charge is 2.28. The van der Waals surface area contributed by atoms with Crippen molar-refractivity contribution in [2.75, 3.05) is 6.54 Å². The minimum Gasteiger partial charge on any atom is -0.390 e. The Bertz CT molecular complexity index is 1190. The zero-order chi connectivity index (χ0) is 22.7. The molecule has 0 bridgehead atoms. The van der Waals surface area contributed by atoms with E-state index in [0.717, 1.165) is 11.1 Å². The molecule has 164 valence electrons. The number of hydrogen-bond acceptors (Lipinski definition) is 3. The van der Waals surface area contributed by atoms with E-state index in [1.165, 1.54) is 18.2 Å². The van der Waals surface area contributed by atoms with Crippen LogP contribution in [0.3, 0.4) is 0 Å². The fraction of sp³-hybridized carbons (Fsp3) is 0.167. The minimum absolute atomic E-state index is 0.245. The molecule has 0 N–H and O–H groups in total. The maximum Gasteiger partial charge on any atom is 0.254 e. The quantitative estimate of drug-likeness (QED) is 0.389. The highest BCUT2D eigenvalue weighted by Crippen LogP contribution is 2.26. The molecule has 0 aliphatic carbocycles. The highest BCUT2D eigenvalue weighted by molar-refractivity contribution is 6.42. The van der Waals surface area contributed by atoms with Crippen LogP contribution in [-0.2, 0) is 11.4 Å². The number of benzene rings is 3. The number of carbonyl (C=O) groups is 1. The topological polar surface area (TPSA) is 41.9 Å². The first kappa shape index (κ1) is 22.6. The molecule has 8 heteroatoms. The van der Waals surface area contributed by atoms with E-state index in [4.69, 9.17) is 39.6 Å². The lowest BCUT2D eigenvalue weighted by Crippen LogP contribution is -2.37. The number of oxime groups is 1. The molecular formula is C24H18Cl3FN2O2. The Hall–Kier alpha value is -2.60. The SMILES string of the molecule is O=C(c1cccc(F)c1)N(Cc1ccccc1Cl)C[C@@H]1CC(c2ccc(Cl)c(Cl)c2)=NO1. The van der Waals surface area contributed by atoms with Gasteiger partial charge in [-0.25, -0.2) is 4.39 Å². The lowest BCUT2D eigenvalue weighted by Gasteiger charge is -2.25. The third-order valence-electron chi connectivity index (χ3n) is 5.09. The molecule has 1 heterocycles. The Morgan fingerprint density at radius 1 is 1.00 bits per heavy atom. The van der Waals surface area contributed by atoms with Gasteiger partial charge in [0.1, 0.15) is 5.82 Å². The molecule has 3 aromatic rings. The van der Waals surface area contributed by atoms with E-state index in [2.05, 4.69) is 5.16 Å². The van der Waals surface area contributed by atoms with E-state index in [9.17, 15) is 9.18 Å². The Kier molecular flexibility index (Phi) is 6.99. The van der Waals surface area contributed by atoms with Crippen molar-refractivity contribution in [3.8, 4) is 0 Å². The molecule has 0 saturated carbocycles. The van der Waals surface area contributed by atoms with Crippen LogP contribution in [0, 0.1) is 5.82 Å². The Balaban J connectivity index is 1.53. The van der Waals surface area contributed by atoms with Crippen LogP contribution < -0.4 is 0 Å². The predicted molar refractivity (Wildman–Crippen MR) is 125 cm³/mol. The molecule has 0 saturated heterocycles. The molecule has 4 nitrogen and oxygen atoms in total. The lowest BCUT2D eigenvalue weighted by atomic mass is 10.0. The van der Waals surface area contributed by atoms with Crippen molar-refractivity contribution in [3.63, 3.8) is 0 Å². The van der Waals surface area contributed by atoms with Crippen LogP contribution in [0.4, 0.5) is 4.39 Å². The van der Waals surface area contributed by atoms with Gasteiger partial charge in [-0.3, -0.25) is 4.79 Å². The van der Waals surface area contributed by atoms with Crippen molar-refractivity contribution in [2.24, 2.45) is 5.16 Å². The van der Waals surface area contributed by atoms with Crippen LogP contribution in [0.15, 0.2) is 71.9 Å². The van der Waals surface area contributed by atoms with Gasteiger partial charge in [0.15, 0.2) is 6.10 Å². The van der Waals surface area contributed by atoms with E-state index in [1.807, 2.05) is 24.3 Å². The fourth-order valence-electron chi connectivity index (χ4n) is 3.47. The maximum atomic E-state index is 13.7. The molecule has 32 heavy (non-hydrogen) atoms. The molecule has 1 aliphatic rings. The van der Waals surface area contributed by atoms with Gasteiger partial charge < -0.3 is 9.74 Å². The van der Waals surface area contributed by atoms with Crippen LogP contribution in [0.5, 0.6) is 0 Å². The summed E-state index contributed by atoms with van der Waals surface area (Å²) in [6, 6.07) is 18.1. The smallest absolute Gasteiger partial charge is 0.254 e. The summed E-state index contributed by atoms with van der Waals surface area (Å²) in [4.78, 5) is 20.4. The Morgan fingerprint density at radius 2 is 1.81 bits per heavy atom. The highest BCUT2D eigenvalue weighted by atomic mass is 35.5. The first-order chi connectivity index (χ1) is 15.4. The van der Waals surface area contributed by atoms with E-state index in [-0.39, 0.29) is 30.7 Å². The van der Waals surface area contributed by atoms with Crippen molar-refractivity contribution in [2.45, 2.75) is 19.1 Å². The summed E-state index contributed by atoms with van der Waals surface area (Å²) in [5.41, 5.74) is 2.55. The summed E-state index contributed by atoms with van der Waals surface area (Å²) in [6.07, 6.45) is 0.104. The summed E-state index contributed by atoms with van der Waals surface area (Å²) in [5, 5.41) is 5.60.